The summed E-state index contributed by atoms with van der Waals surface area (Å²) >= 11 is 1.65. The van der Waals surface area contributed by atoms with Crippen LogP contribution in [-0.4, -0.2) is 16.2 Å². The van der Waals surface area contributed by atoms with Gasteiger partial charge in [-0.15, -0.1) is 0 Å². The van der Waals surface area contributed by atoms with Crippen LogP contribution in [0.2, 0.25) is 0 Å². The van der Waals surface area contributed by atoms with Crippen LogP contribution in [-0.2, 0) is 0 Å². The first-order valence-electron chi connectivity index (χ1n) is 6.58. The Morgan fingerprint density at radius 3 is 2.28 bits per heavy atom. The summed E-state index contributed by atoms with van der Waals surface area (Å²) in [5.41, 5.74) is 0.750. The fourth-order valence-electron chi connectivity index (χ4n) is 3.19. The Bertz CT molecular complexity index is 403. The smallest absolute Gasteiger partial charge is 0.0671 e. The molecule has 0 amide bonds. The van der Waals surface area contributed by atoms with E-state index in [2.05, 4.69) is 24.6 Å². The summed E-state index contributed by atoms with van der Waals surface area (Å²) in [4.78, 5) is 1.16. The normalized spacial score (nSPS) is 34.7. The number of fused-ring (bicyclic) bond motifs is 2. The Kier molecular flexibility index (Phi) is 3.65. The van der Waals surface area contributed by atoms with Gasteiger partial charge in [0.25, 0.3) is 0 Å². The van der Waals surface area contributed by atoms with Crippen molar-refractivity contribution in [3.05, 3.63) is 34.7 Å². The second kappa shape index (κ2) is 4.78. The fraction of sp³-hybridized carbons (Fsp3) is 0.600. The average molecular weight is 265 g/mol. The molecule has 0 heterocycles. The molecule has 0 spiro atoms. The van der Waals surface area contributed by atoms with Gasteiger partial charge in [0.15, 0.2) is 0 Å². The van der Waals surface area contributed by atoms with Crippen LogP contribution >= 0.6 is 11.8 Å². The molecule has 100 valence electrons. The van der Waals surface area contributed by atoms with Gasteiger partial charge in [0.1, 0.15) is 0 Å². The summed E-state index contributed by atoms with van der Waals surface area (Å²) in [6, 6.07) is 0. The minimum absolute atomic E-state index is 0.0900. The first-order chi connectivity index (χ1) is 8.38. The number of hydrogen-bond acceptors (Lipinski definition) is 3. The molecule has 3 heteroatoms. The maximum atomic E-state index is 10.2. The molecule has 0 saturated heterocycles. The largest absolute Gasteiger partial charge is 0.390 e. The van der Waals surface area contributed by atoms with E-state index in [1.807, 2.05) is 13.8 Å². The van der Waals surface area contributed by atoms with E-state index in [9.17, 15) is 5.11 Å². The standard InChI is InChI=1S/C15H23NOS/c1-5-13(11(2)3)18-12(4)16-14-6-8-15(17,10-14)9-7-14/h5,16-17H,2,4,6-10H2,1,3H3/b13-5+. The Morgan fingerprint density at radius 2 is 1.89 bits per heavy atom. The van der Waals surface area contributed by atoms with E-state index in [0.29, 0.717) is 0 Å². The predicted octanol–water partition coefficient (Wildman–Crippen LogP) is 3.71. The summed E-state index contributed by atoms with van der Waals surface area (Å²) in [7, 11) is 0. The zero-order valence-electron chi connectivity index (χ0n) is 11.4. The van der Waals surface area contributed by atoms with Crippen molar-refractivity contribution in [2.75, 3.05) is 0 Å². The van der Waals surface area contributed by atoms with Crippen molar-refractivity contribution in [3.63, 3.8) is 0 Å². The fourth-order valence-corrected chi connectivity index (χ4v) is 4.02. The molecule has 18 heavy (non-hydrogen) atoms. The van der Waals surface area contributed by atoms with E-state index in [1.165, 1.54) is 0 Å². The summed E-state index contributed by atoms with van der Waals surface area (Å²) in [5, 5.41) is 14.8. The Morgan fingerprint density at radius 1 is 1.28 bits per heavy atom. The highest BCUT2D eigenvalue weighted by Crippen LogP contribution is 2.51. The van der Waals surface area contributed by atoms with Gasteiger partial charge in [-0.25, -0.2) is 0 Å². The second-order valence-corrected chi connectivity index (χ2v) is 6.90. The van der Waals surface area contributed by atoms with Crippen molar-refractivity contribution in [2.45, 2.75) is 57.1 Å². The molecule has 0 atom stereocenters. The maximum absolute atomic E-state index is 10.2. The van der Waals surface area contributed by atoms with E-state index >= 15 is 0 Å². The van der Waals surface area contributed by atoms with E-state index in [1.54, 1.807) is 11.8 Å². The van der Waals surface area contributed by atoms with Crippen LogP contribution in [0.15, 0.2) is 34.7 Å². The number of aliphatic hydroxyl groups is 1. The lowest BCUT2D eigenvalue weighted by Crippen LogP contribution is -2.39. The summed E-state index contributed by atoms with van der Waals surface area (Å²) in [6.07, 6.45) is 6.90. The monoisotopic (exact) mass is 265 g/mol. The van der Waals surface area contributed by atoms with Crippen LogP contribution in [0.1, 0.15) is 46.0 Å². The number of hydrogen-bond donors (Lipinski definition) is 2. The second-order valence-electron chi connectivity index (χ2n) is 5.76. The van der Waals surface area contributed by atoms with Crippen LogP contribution in [0.4, 0.5) is 0 Å². The van der Waals surface area contributed by atoms with Crippen molar-refractivity contribution in [1.82, 2.24) is 5.32 Å². The van der Waals surface area contributed by atoms with Gasteiger partial charge in [0.05, 0.1) is 10.6 Å². The summed E-state index contributed by atoms with van der Waals surface area (Å²) in [6.45, 7) is 12.1. The van der Waals surface area contributed by atoms with Gasteiger partial charge in [0, 0.05) is 10.4 Å². The molecule has 2 N–H and O–H groups in total. The number of nitrogens with one attached hydrogen (secondary N) is 1. The molecule has 2 rings (SSSR count). The van der Waals surface area contributed by atoms with Gasteiger partial charge >= 0.3 is 0 Å². The van der Waals surface area contributed by atoms with Crippen molar-refractivity contribution in [3.8, 4) is 0 Å². The highest BCUT2D eigenvalue weighted by Gasteiger charge is 2.53. The Balaban J connectivity index is 1.95. The minimum atomic E-state index is -0.407. The molecule has 2 nitrogen and oxygen atoms in total. The molecular formula is C15H23NOS. The van der Waals surface area contributed by atoms with Gasteiger partial charge in [0.2, 0.25) is 0 Å². The quantitative estimate of drug-likeness (QED) is 0.743. The highest BCUT2D eigenvalue weighted by molar-refractivity contribution is 8.06. The minimum Gasteiger partial charge on any atom is -0.390 e. The lowest BCUT2D eigenvalue weighted by molar-refractivity contribution is 0.0521. The zero-order valence-corrected chi connectivity index (χ0v) is 12.2. The Labute approximate surface area is 114 Å². The number of allylic oxidation sites excluding steroid dienone is 2. The molecule has 2 bridgehead atoms. The molecule has 0 radical (unpaired) electrons. The number of rotatable bonds is 5. The molecule has 0 aromatic rings. The number of thioether (sulfide) groups is 1. The van der Waals surface area contributed by atoms with Crippen LogP contribution < -0.4 is 5.32 Å². The zero-order chi connectivity index (χ0) is 13.4. The summed E-state index contributed by atoms with van der Waals surface area (Å²) in [5.74, 6) is 0. The SMILES string of the molecule is C=C(NC12CCC(O)(CC1)C2)S/C(=C/C)C(=C)C. The lowest BCUT2D eigenvalue weighted by Gasteiger charge is -2.30. The van der Waals surface area contributed by atoms with E-state index in [4.69, 9.17) is 0 Å². The summed E-state index contributed by atoms with van der Waals surface area (Å²) < 4.78 is 0. The van der Waals surface area contributed by atoms with Gasteiger partial charge < -0.3 is 10.4 Å². The van der Waals surface area contributed by atoms with Crippen molar-refractivity contribution in [2.24, 2.45) is 0 Å². The first-order valence-corrected chi connectivity index (χ1v) is 7.39. The van der Waals surface area contributed by atoms with E-state index in [0.717, 1.165) is 47.6 Å². The highest BCUT2D eigenvalue weighted by atomic mass is 32.2. The van der Waals surface area contributed by atoms with Crippen LogP contribution in [0.5, 0.6) is 0 Å². The molecule has 2 aliphatic carbocycles. The third-order valence-electron chi connectivity index (χ3n) is 4.13. The van der Waals surface area contributed by atoms with Crippen molar-refractivity contribution >= 4 is 11.8 Å². The molecule has 2 saturated carbocycles. The third-order valence-corrected chi connectivity index (χ3v) is 5.28. The van der Waals surface area contributed by atoms with Crippen LogP contribution in [0, 0.1) is 0 Å². The van der Waals surface area contributed by atoms with E-state index < -0.39 is 5.60 Å². The molecule has 0 aromatic carbocycles. The van der Waals surface area contributed by atoms with Crippen molar-refractivity contribution < 1.29 is 5.11 Å². The molecule has 2 fully saturated rings. The lowest BCUT2D eigenvalue weighted by atomic mass is 9.93. The van der Waals surface area contributed by atoms with Gasteiger partial charge in [-0.3, -0.25) is 0 Å². The Hall–Kier alpha value is -0.670. The topological polar surface area (TPSA) is 32.3 Å². The molecule has 0 aromatic heterocycles. The average Bonchev–Trinajstić information content (AvgIpc) is 2.78. The third kappa shape index (κ3) is 2.67. The van der Waals surface area contributed by atoms with Crippen LogP contribution in [0.3, 0.4) is 0 Å². The molecule has 0 aliphatic heterocycles. The molecule has 2 aliphatic rings. The molecular weight excluding hydrogens is 242 g/mol. The first kappa shape index (κ1) is 13.8. The predicted molar refractivity (Wildman–Crippen MR) is 79.2 cm³/mol. The maximum Gasteiger partial charge on any atom is 0.0671 e. The molecule has 0 unspecified atom stereocenters. The van der Waals surface area contributed by atoms with Gasteiger partial charge in [-0.05, 0) is 51.5 Å². The van der Waals surface area contributed by atoms with Crippen LogP contribution in [0.25, 0.3) is 0 Å². The van der Waals surface area contributed by atoms with Crippen molar-refractivity contribution in [1.29, 1.82) is 0 Å². The van der Waals surface area contributed by atoms with E-state index in [-0.39, 0.29) is 5.54 Å². The van der Waals surface area contributed by atoms with Gasteiger partial charge in [-0.2, -0.15) is 0 Å². The van der Waals surface area contributed by atoms with Gasteiger partial charge in [-0.1, -0.05) is 31.0 Å².